The van der Waals surface area contributed by atoms with E-state index in [2.05, 4.69) is 0 Å². The van der Waals surface area contributed by atoms with Crippen LogP contribution in [-0.4, -0.2) is 13.5 Å². The van der Waals surface area contributed by atoms with Gasteiger partial charge in [-0.05, 0) is 29.5 Å². The highest BCUT2D eigenvalue weighted by Gasteiger charge is 2.26. The summed E-state index contributed by atoms with van der Waals surface area (Å²) in [5.41, 5.74) is 1.45. The Hall–Kier alpha value is -1.13. The number of hydrogen-bond acceptors (Lipinski definition) is 1. The lowest BCUT2D eigenvalue weighted by Gasteiger charge is -2.25. The van der Waals surface area contributed by atoms with Crippen LogP contribution >= 0.6 is 0 Å². The molecule has 0 aliphatic carbocycles. The Kier molecular flexibility index (Phi) is 3.79. The summed E-state index contributed by atoms with van der Waals surface area (Å²) < 4.78 is 41.5. The highest BCUT2D eigenvalue weighted by atomic mass is 19.4. The van der Waals surface area contributed by atoms with Crippen molar-refractivity contribution in [1.82, 2.24) is 0 Å². The molecule has 0 aliphatic rings. The van der Waals surface area contributed by atoms with Crippen molar-refractivity contribution in [1.29, 1.82) is 0 Å². The van der Waals surface area contributed by atoms with E-state index in [1.807, 2.05) is 39.8 Å². The van der Waals surface area contributed by atoms with Crippen molar-refractivity contribution in [3.05, 3.63) is 29.3 Å². The molecule has 0 amide bonds. The molecule has 1 aromatic rings. The molecule has 96 valence electrons. The topological polar surface area (TPSA) is 9.23 Å². The van der Waals surface area contributed by atoms with E-state index in [0.29, 0.717) is 5.75 Å². The van der Waals surface area contributed by atoms with Gasteiger partial charge in [0.05, 0.1) is 6.51 Å². The molecule has 1 aromatic carbocycles. The molecule has 1 nitrogen and oxygen atoms in total. The van der Waals surface area contributed by atoms with E-state index in [-0.39, 0.29) is 5.41 Å². The molecule has 0 bridgehead atoms. The van der Waals surface area contributed by atoms with Crippen LogP contribution in [0.15, 0.2) is 18.2 Å². The van der Waals surface area contributed by atoms with E-state index >= 15 is 0 Å². The van der Waals surface area contributed by atoms with Crippen LogP contribution in [0.5, 0.6) is 5.75 Å². The monoisotopic (exact) mass is 245 g/mol. The fourth-order valence-electron chi connectivity index (χ4n) is 1.55. The zero-order chi connectivity index (χ0) is 13.3. The highest BCUT2D eigenvalue weighted by Crippen LogP contribution is 2.32. The van der Waals surface area contributed by atoms with Crippen LogP contribution in [0.4, 0.5) is 12.9 Å². The van der Waals surface area contributed by atoms with Crippen molar-refractivity contribution in [3.8, 4) is 5.75 Å². The second-order valence-electron chi connectivity index (χ2n) is 5.27. The van der Waals surface area contributed by atoms with Gasteiger partial charge in [-0.2, -0.15) is 0 Å². The number of benzene rings is 1. The molecule has 0 atom stereocenters. The third-order valence-electron chi connectivity index (χ3n) is 2.37. The van der Waals surface area contributed by atoms with Gasteiger partial charge in [-0.25, -0.2) is 0 Å². The molecule has 0 aliphatic heterocycles. The average Bonchev–Trinajstić information content (AvgIpc) is 2.11. The van der Waals surface area contributed by atoms with Crippen molar-refractivity contribution in [2.24, 2.45) is 0 Å². The molecule has 0 fully saturated rings. The van der Waals surface area contributed by atoms with Crippen LogP contribution in [0.1, 0.15) is 31.9 Å². The van der Waals surface area contributed by atoms with Gasteiger partial charge in [-0.3, -0.25) is 0 Å². The molecule has 0 unspecified atom stereocenters. The molecule has 0 heterocycles. The molecule has 0 saturated carbocycles. The summed E-state index contributed by atoms with van der Waals surface area (Å²) in [6.07, 6.45) is 0. The van der Waals surface area contributed by atoms with E-state index in [0.717, 1.165) is 11.1 Å². The van der Waals surface area contributed by atoms with Crippen molar-refractivity contribution in [3.63, 3.8) is 0 Å². The van der Waals surface area contributed by atoms with Gasteiger partial charge in [0.1, 0.15) is 5.75 Å². The second-order valence-corrected chi connectivity index (χ2v) is 5.27. The van der Waals surface area contributed by atoms with Crippen molar-refractivity contribution in [2.75, 3.05) is 6.51 Å². The zero-order valence-corrected chi connectivity index (χ0v) is 10.6. The third kappa shape index (κ3) is 4.33. The highest BCUT2D eigenvalue weighted by molar-refractivity contribution is 6.58. The third-order valence-corrected chi connectivity index (χ3v) is 2.37. The SMILES string of the molecule is Cc1ccc(C(C)(C)C)c(OC[B-](F)(F)F)c1. The Morgan fingerprint density at radius 1 is 1.18 bits per heavy atom. The molecule has 0 spiro atoms. The van der Waals surface area contributed by atoms with E-state index in [4.69, 9.17) is 4.74 Å². The summed E-state index contributed by atoms with van der Waals surface area (Å²) in [6.45, 7) is 1.57. The number of rotatable bonds is 3. The van der Waals surface area contributed by atoms with Gasteiger partial charge < -0.3 is 17.7 Å². The van der Waals surface area contributed by atoms with Gasteiger partial charge in [0.25, 0.3) is 0 Å². The Balaban J connectivity index is 3.00. The molecular formula is C12H17BF3O-. The zero-order valence-electron chi connectivity index (χ0n) is 10.6. The molecule has 1 rings (SSSR count). The normalized spacial score (nSPS) is 12.6. The predicted molar refractivity (Wildman–Crippen MR) is 64.5 cm³/mol. The maximum absolute atomic E-state index is 12.2. The predicted octanol–water partition coefficient (Wildman–Crippen LogP) is 4.06. The van der Waals surface area contributed by atoms with Gasteiger partial charge in [-0.15, -0.1) is 0 Å². The van der Waals surface area contributed by atoms with Crippen LogP contribution in [0.3, 0.4) is 0 Å². The first-order valence-corrected chi connectivity index (χ1v) is 5.54. The summed E-state index contributed by atoms with van der Waals surface area (Å²) in [6, 6.07) is 5.36. The first-order valence-electron chi connectivity index (χ1n) is 5.54. The minimum atomic E-state index is -4.92. The molecular weight excluding hydrogens is 228 g/mol. The molecule has 0 saturated heterocycles. The fraction of sp³-hybridized carbons (Fsp3) is 0.500. The Labute approximate surface area is 100 Å². The second kappa shape index (κ2) is 4.63. The van der Waals surface area contributed by atoms with Gasteiger partial charge >= 0.3 is 6.98 Å². The number of ether oxygens (including phenoxy) is 1. The lowest BCUT2D eigenvalue weighted by Crippen LogP contribution is -2.27. The first-order chi connectivity index (χ1) is 7.59. The molecule has 5 heteroatoms. The summed E-state index contributed by atoms with van der Waals surface area (Å²) in [4.78, 5) is 0. The Morgan fingerprint density at radius 2 is 1.76 bits per heavy atom. The molecule has 0 aromatic heterocycles. The molecule has 0 N–H and O–H groups in total. The van der Waals surface area contributed by atoms with Gasteiger partial charge in [0.15, 0.2) is 0 Å². The van der Waals surface area contributed by atoms with Crippen LogP contribution in [0, 0.1) is 6.92 Å². The van der Waals surface area contributed by atoms with E-state index in [1.165, 1.54) is 0 Å². The van der Waals surface area contributed by atoms with E-state index < -0.39 is 13.5 Å². The number of halogens is 3. The maximum atomic E-state index is 12.2. The molecule has 0 radical (unpaired) electrons. The fourth-order valence-corrected chi connectivity index (χ4v) is 1.55. The maximum Gasteiger partial charge on any atom is 0.515 e. The Bertz CT molecular complexity index is 394. The van der Waals surface area contributed by atoms with Crippen LogP contribution in [0.25, 0.3) is 0 Å². The Morgan fingerprint density at radius 3 is 2.24 bits per heavy atom. The van der Waals surface area contributed by atoms with Gasteiger partial charge in [0.2, 0.25) is 0 Å². The van der Waals surface area contributed by atoms with Crippen molar-refractivity contribution < 1.29 is 17.7 Å². The van der Waals surface area contributed by atoms with E-state index in [1.54, 1.807) is 6.07 Å². The van der Waals surface area contributed by atoms with Gasteiger partial charge in [0, 0.05) is 0 Å². The lowest BCUT2D eigenvalue weighted by atomic mass is 9.85. The number of aryl methyl sites for hydroxylation is 1. The van der Waals surface area contributed by atoms with E-state index in [9.17, 15) is 12.9 Å². The average molecular weight is 245 g/mol. The minimum Gasteiger partial charge on any atom is -0.521 e. The summed E-state index contributed by atoms with van der Waals surface area (Å²) in [5, 5.41) is 0. The summed E-state index contributed by atoms with van der Waals surface area (Å²) in [7, 11) is 0. The summed E-state index contributed by atoms with van der Waals surface area (Å²) in [5.74, 6) is 0.330. The first kappa shape index (κ1) is 13.9. The lowest BCUT2D eigenvalue weighted by molar-refractivity contribution is 0.306. The summed E-state index contributed by atoms with van der Waals surface area (Å²) >= 11 is 0. The van der Waals surface area contributed by atoms with Crippen molar-refractivity contribution in [2.45, 2.75) is 33.1 Å². The van der Waals surface area contributed by atoms with Crippen LogP contribution in [-0.2, 0) is 5.41 Å². The van der Waals surface area contributed by atoms with Crippen LogP contribution in [0.2, 0.25) is 0 Å². The quantitative estimate of drug-likeness (QED) is 0.729. The smallest absolute Gasteiger partial charge is 0.515 e. The van der Waals surface area contributed by atoms with Crippen molar-refractivity contribution >= 4 is 6.98 Å². The standard InChI is InChI=1S/C12H17BF3O/c1-9-5-6-10(12(2,3)4)11(7-9)17-8-13(14,15)16/h5-7H,8H2,1-4H3/q-1. The van der Waals surface area contributed by atoms with Crippen LogP contribution < -0.4 is 4.74 Å². The largest absolute Gasteiger partial charge is 0.521 e. The van der Waals surface area contributed by atoms with Gasteiger partial charge in [-0.1, -0.05) is 32.9 Å². The molecule has 17 heavy (non-hydrogen) atoms. The number of hydrogen-bond donors (Lipinski definition) is 0. The minimum absolute atomic E-state index is 0.234.